The molecule has 0 saturated carbocycles. The number of pyridine rings is 1. The van der Waals surface area contributed by atoms with E-state index in [1.165, 1.54) is 0 Å². The van der Waals surface area contributed by atoms with Gasteiger partial charge in [-0.15, -0.1) is 23.6 Å². The Labute approximate surface area is 501 Å². The van der Waals surface area contributed by atoms with Gasteiger partial charge in [0.25, 0.3) is 11.4 Å². The van der Waals surface area contributed by atoms with Crippen molar-refractivity contribution in [3.05, 3.63) is 246 Å². The molecule has 0 N–H and O–H groups in total. The third-order valence-corrected chi connectivity index (χ3v) is 14.9. The molecule has 9 aromatic carbocycles. The molecule has 0 radical (unpaired) electrons. The van der Waals surface area contributed by atoms with Crippen LogP contribution in [-0.4, -0.2) is 30.5 Å². The predicted octanol–water partition coefficient (Wildman–Crippen LogP) is 17.8. The van der Waals surface area contributed by atoms with E-state index in [4.69, 9.17) is 32.9 Å². The Bertz CT molecular complexity index is 4910. The van der Waals surface area contributed by atoms with E-state index in [0.29, 0.717) is 68.1 Å². The summed E-state index contributed by atoms with van der Waals surface area (Å²) in [6, 6.07) is 48.5. The minimum atomic E-state index is -0.585. The van der Waals surface area contributed by atoms with Gasteiger partial charge in [-0.2, -0.15) is 6.07 Å². The second kappa shape index (κ2) is 21.1. The Hall–Kier alpha value is -9.19. The molecule has 9 heteroatoms. The quantitative estimate of drug-likeness (QED) is 0.101. The molecule has 0 bridgehead atoms. The summed E-state index contributed by atoms with van der Waals surface area (Å²) in [5.74, 6) is 2.43. The van der Waals surface area contributed by atoms with E-state index in [-0.39, 0.29) is 65.9 Å². The van der Waals surface area contributed by atoms with Crippen molar-refractivity contribution >= 4 is 50.6 Å². The van der Waals surface area contributed by atoms with E-state index in [9.17, 15) is 5.48 Å². The van der Waals surface area contributed by atoms with Crippen molar-refractivity contribution in [2.75, 3.05) is 0 Å². The molecule has 0 aliphatic carbocycles. The van der Waals surface area contributed by atoms with Crippen LogP contribution in [0.3, 0.4) is 0 Å². The molecule has 0 atom stereocenters. The van der Waals surface area contributed by atoms with E-state index in [2.05, 4.69) is 61.7 Å². The number of nitrogens with zero attached hydrogens (tertiary/aromatic N) is 7. The summed E-state index contributed by atoms with van der Waals surface area (Å²) in [7, 11) is 0. The molecule has 0 spiro atoms. The Kier molecular flexibility index (Phi) is 10.9. The molecular formula is C72H57N7OPt+2. The molecule has 4 heterocycles. The number of ether oxygens (including phenoxy) is 1. The normalized spacial score (nSPS) is 13.8. The van der Waals surface area contributed by atoms with Gasteiger partial charge in [-0.25, -0.2) is 19.9 Å². The first kappa shape index (κ1) is 41.8. The predicted molar refractivity (Wildman–Crippen MR) is 327 cm³/mol. The number of hydrogen-bond acceptors (Lipinski definition) is 5. The van der Waals surface area contributed by atoms with Crippen molar-refractivity contribution in [3.8, 4) is 73.7 Å². The molecule has 12 aromatic rings. The van der Waals surface area contributed by atoms with Crippen LogP contribution in [0.2, 0.25) is 0 Å². The van der Waals surface area contributed by atoms with Crippen molar-refractivity contribution in [2.45, 2.75) is 60.8 Å². The SMILES string of the molecule is [2H]c1c([2H])c([2H])c(-c2c(C)c(C)c(C)c(-c3c([2H])c([2H])c([2H])c([2H])c3[2H])c2[N+]2=C=[N+](c3[c-]c(Oc4[c-]c5c(cc4-c4nc(-c6ccc(C)cc6)nc(-c6ccc(C)cc6)n4)c4ccccc4n5-c4cc(C(C)(C)C)ccn4)ccc3)c3ccccc32)c([2H])c1[2H].[Pt+2]. The van der Waals surface area contributed by atoms with Crippen LogP contribution >= 0.6 is 0 Å². The summed E-state index contributed by atoms with van der Waals surface area (Å²) >= 11 is 0. The van der Waals surface area contributed by atoms with Crippen LogP contribution in [0.1, 0.15) is 67.9 Å². The summed E-state index contributed by atoms with van der Waals surface area (Å²) in [6.07, 6.45) is 1.83. The summed E-state index contributed by atoms with van der Waals surface area (Å²) in [5, 5.41) is 1.78. The topological polar surface area (TPSA) is 71.7 Å². The van der Waals surface area contributed by atoms with Gasteiger partial charge in [0.05, 0.1) is 24.8 Å². The Morgan fingerprint density at radius 2 is 1.12 bits per heavy atom. The third kappa shape index (κ3) is 9.61. The minimum Gasteiger partial charge on any atom is -0.508 e. The van der Waals surface area contributed by atoms with Crippen LogP contribution in [0.25, 0.3) is 84.0 Å². The van der Waals surface area contributed by atoms with Crippen LogP contribution in [0.4, 0.5) is 22.7 Å². The monoisotopic (exact) mass is 1240 g/mol. The van der Waals surface area contributed by atoms with E-state index in [0.717, 1.165) is 44.1 Å². The maximum atomic E-state index is 9.38. The largest absolute Gasteiger partial charge is 2.00 e. The number of para-hydroxylation sites is 3. The summed E-state index contributed by atoms with van der Waals surface area (Å²) < 4.78 is 103. The van der Waals surface area contributed by atoms with Gasteiger partial charge in [0, 0.05) is 46.5 Å². The molecule has 3 aromatic heterocycles. The number of aromatic nitrogens is 5. The molecule has 0 unspecified atom stereocenters. The van der Waals surface area contributed by atoms with Gasteiger partial charge < -0.3 is 9.30 Å². The molecule has 8 nitrogen and oxygen atoms in total. The van der Waals surface area contributed by atoms with Gasteiger partial charge in [-0.05, 0) is 107 Å². The van der Waals surface area contributed by atoms with Crippen molar-refractivity contribution in [3.63, 3.8) is 0 Å². The summed E-state index contributed by atoms with van der Waals surface area (Å²) in [6.45, 7) is 15.9. The summed E-state index contributed by atoms with van der Waals surface area (Å²) in [5.41, 5.74) is 10.2. The number of rotatable bonds is 10. The van der Waals surface area contributed by atoms with E-state index >= 15 is 0 Å². The van der Waals surface area contributed by atoms with Gasteiger partial charge in [0.1, 0.15) is 17.3 Å². The van der Waals surface area contributed by atoms with Gasteiger partial charge >= 0.3 is 27.1 Å². The first-order valence-electron chi connectivity index (χ1n) is 31.3. The second-order valence-corrected chi connectivity index (χ2v) is 21.1. The van der Waals surface area contributed by atoms with Gasteiger partial charge in [-0.3, -0.25) is 0 Å². The number of hydrogen-bond donors (Lipinski definition) is 0. The molecule has 1 aliphatic heterocycles. The molecule has 394 valence electrons. The first-order valence-corrected chi connectivity index (χ1v) is 26.3. The molecule has 0 saturated heterocycles. The average Bonchev–Trinajstić information content (AvgIpc) is 1.73. The van der Waals surface area contributed by atoms with Crippen LogP contribution in [0.15, 0.2) is 200 Å². The van der Waals surface area contributed by atoms with Crippen LogP contribution in [0.5, 0.6) is 11.5 Å². The number of fused-ring (bicyclic) bond motifs is 4. The average molecular weight is 1240 g/mol. The molecule has 81 heavy (non-hydrogen) atoms. The number of aryl methyl sites for hydroxylation is 2. The van der Waals surface area contributed by atoms with Crippen molar-refractivity contribution in [1.82, 2.24) is 33.7 Å². The molecule has 0 fully saturated rings. The summed E-state index contributed by atoms with van der Waals surface area (Å²) in [4.78, 5) is 20.5. The Morgan fingerprint density at radius 1 is 0.556 bits per heavy atom. The second-order valence-electron chi connectivity index (χ2n) is 21.1. The van der Waals surface area contributed by atoms with Crippen LogP contribution in [0, 0.1) is 46.8 Å². The Morgan fingerprint density at radius 3 is 1.73 bits per heavy atom. The first-order chi connectivity index (χ1) is 43.0. The van der Waals surface area contributed by atoms with Crippen LogP contribution < -0.4 is 13.9 Å². The zero-order valence-corrected chi connectivity index (χ0v) is 47.9. The van der Waals surface area contributed by atoms with Gasteiger partial charge in [0.2, 0.25) is 5.69 Å². The van der Waals surface area contributed by atoms with E-state index in [1.807, 2.05) is 129 Å². The molecule has 1 aliphatic rings. The Balaban J connectivity index is 0.00000800. The van der Waals surface area contributed by atoms with Crippen LogP contribution in [-0.2, 0) is 26.5 Å². The fourth-order valence-corrected chi connectivity index (χ4v) is 10.4. The zero-order valence-electron chi connectivity index (χ0n) is 55.6. The van der Waals surface area contributed by atoms with Gasteiger partial charge in [0.15, 0.2) is 11.6 Å². The minimum absolute atomic E-state index is 0. The fourth-order valence-electron chi connectivity index (χ4n) is 10.4. The van der Waals surface area contributed by atoms with Crippen molar-refractivity contribution in [2.24, 2.45) is 0 Å². The third-order valence-electron chi connectivity index (χ3n) is 14.9. The molecular weight excluding hydrogens is 1170 g/mol. The molecule has 0 amide bonds. The van der Waals surface area contributed by atoms with E-state index in [1.54, 1.807) is 36.0 Å². The molecule has 13 rings (SSSR count). The van der Waals surface area contributed by atoms with Crippen molar-refractivity contribution in [1.29, 1.82) is 0 Å². The maximum Gasteiger partial charge on any atom is 2.00 e. The fraction of sp³-hybridized carbons (Fsp3) is 0.125. The number of benzene rings is 9. The maximum absolute atomic E-state index is 9.38. The van der Waals surface area contributed by atoms with E-state index < -0.39 is 60.4 Å². The zero-order chi connectivity index (χ0) is 63.5. The smallest absolute Gasteiger partial charge is 0.508 e. The van der Waals surface area contributed by atoms with Crippen molar-refractivity contribution < 1.29 is 39.5 Å². The standard InChI is InChI=1S/C72H57N7O.Pt/c1-45-30-34-52(35-31-45)69-74-70(53-36-32-46(2)33-37-53)76-71(75-69)59-42-58-57-26-15-16-27-60(57)79(65-40-54(38-39-73-65)72(6,7)8)63(58)43-64(59)80-56-25-19-24-55(41-56)77-44-78(62-29-18-17-28-61(62)77)68-66(50-20-11-9-12-21-50)48(4)47(3)49(5)67(68)51-22-13-10-14-23-51;/h9-40,42H,1-8H3;/q;+2/i9D,10D,11D,12D,13D,14D,20D,21D,22D,23D;. The van der Waals surface area contributed by atoms with Gasteiger partial charge in [-0.1, -0.05) is 193 Å².